The van der Waals surface area contributed by atoms with Gasteiger partial charge < -0.3 is 29.7 Å². The molecule has 6 aromatic rings. The normalized spacial score (nSPS) is 11.4. The van der Waals surface area contributed by atoms with E-state index in [4.69, 9.17) is 0 Å². The number of pyridine rings is 3. The predicted molar refractivity (Wildman–Crippen MR) is 393 cm³/mol. The van der Waals surface area contributed by atoms with Crippen molar-refractivity contribution in [1.29, 1.82) is 0 Å². The molecule has 0 aliphatic carbocycles. The molecule has 3 aromatic carbocycles. The Hall–Kier alpha value is -5.95. The summed E-state index contributed by atoms with van der Waals surface area (Å²) in [7, 11) is 0. The number of unbranched alkanes of at least 4 members (excludes halogenated alkanes) is 33. The molecule has 0 amide bonds. The van der Waals surface area contributed by atoms with E-state index in [-0.39, 0.29) is 36.6 Å². The number of allylic oxidation sites excluding steroid dienone is 6. The van der Waals surface area contributed by atoms with Crippen molar-refractivity contribution in [2.75, 3.05) is 0 Å². The Balaban J connectivity index is 0.000000366. The Morgan fingerprint density at radius 3 is 0.713 bits per heavy atom. The molecule has 0 spiro atoms. The summed E-state index contributed by atoms with van der Waals surface area (Å²) in [5.41, 5.74) is 11.7. The van der Waals surface area contributed by atoms with Crippen LogP contribution in [-0.2, 0) is 33.6 Å². The van der Waals surface area contributed by atoms with Crippen LogP contribution in [0, 0.1) is 20.8 Å². The van der Waals surface area contributed by atoms with Crippen LogP contribution < -0.4 is 15.3 Å². The molecule has 0 unspecified atom stereocenters. The number of carbonyl (C=O) groups is 3. The fraction of sp³-hybridized carbons (Fsp3) is 0.571. The quantitative estimate of drug-likeness (QED) is 0.0206. The molecule has 0 atom stereocenters. The molecule has 510 valence electrons. The number of fused-ring (bicyclic) bond motifs is 3. The van der Waals surface area contributed by atoms with E-state index in [1.54, 1.807) is 0 Å². The Labute approximate surface area is 580 Å². The Bertz CT molecular complexity index is 2720. The molecule has 0 aliphatic rings. The summed E-state index contributed by atoms with van der Waals surface area (Å²) in [6, 6.07) is 26.0. The van der Waals surface area contributed by atoms with Gasteiger partial charge >= 0.3 is 17.4 Å². The van der Waals surface area contributed by atoms with E-state index in [0.717, 1.165) is 96.3 Å². The second-order valence-corrected chi connectivity index (χ2v) is 26.3. The summed E-state index contributed by atoms with van der Waals surface area (Å²) in [4.78, 5) is 44.8. The summed E-state index contributed by atoms with van der Waals surface area (Å²) in [5.74, 6) is -2.76. The molecular formula is C84H120AlN3O6. The fourth-order valence-corrected chi connectivity index (χ4v) is 12.5. The maximum absolute atomic E-state index is 10.3. The average Bonchev–Trinajstić information content (AvgIpc) is 0.845. The zero-order valence-electron chi connectivity index (χ0n) is 58.8. The number of carboxylic acid groups (broad SMARTS) is 3. The second-order valence-electron chi connectivity index (χ2n) is 26.3. The average molecular weight is 1290 g/mol. The van der Waals surface area contributed by atoms with Crippen LogP contribution in [0.2, 0.25) is 0 Å². The smallest absolute Gasteiger partial charge is 0.550 e. The van der Waals surface area contributed by atoms with E-state index in [0.29, 0.717) is 0 Å². The van der Waals surface area contributed by atoms with Crippen molar-refractivity contribution in [3.05, 3.63) is 161 Å². The van der Waals surface area contributed by atoms with Crippen LogP contribution >= 0.6 is 0 Å². The molecule has 94 heavy (non-hydrogen) atoms. The Kier molecular flexibility index (Phi) is 48.3. The molecule has 0 radical (unpaired) electrons. The second kappa shape index (κ2) is 55.2. The van der Waals surface area contributed by atoms with E-state index in [9.17, 15) is 29.7 Å². The van der Waals surface area contributed by atoms with E-state index in [2.05, 4.69) is 145 Å². The van der Waals surface area contributed by atoms with Crippen molar-refractivity contribution in [3.8, 4) is 0 Å². The minimum absolute atomic E-state index is 0. The van der Waals surface area contributed by atoms with Gasteiger partial charge in [0.05, 0.1) is 16.6 Å². The van der Waals surface area contributed by atoms with Crippen LogP contribution in [-0.4, -0.2) is 50.2 Å². The van der Waals surface area contributed by atoms with Gasteiger partial charge in [-0.25, -0.2) is 0 Å². The van der Waals surface area contributed by atoms with Gasteiger partial charge in [-0.3, -0.25) is 15.0 Å². The molecule has 0 fully saturated rings. The zero-order valence-corrected chi connectivity index (χ0v) is 60.0. The Morgan fingerprint density at radius 2 is 0.489 bits per heavy atom. The number of aliphatic carboxylic acids is 3. The Morgan fingerprint density at radius 1 is 0.287 bits per heavy atom. The maximum atomic E-state index is 10.3. The van der Waals surface area contributed by atoms with Gasteiger partial charge in [-0.2, -0.15) is 0 Å². The van der Waals surface area contributed by atoms with Gasteiger partial charge in [0.15, 0.2) is 0 Å². The first-order chi connectivity index (χ1) is 45.5. The number of nitrogens with zero attached hydrogens (tertiary/aromatic N) is 3. The topological polar surface area (TPSA) is 159 Å². The third-order valence-electron chi connectivity index (χ3n) is 18.2. The van der Waals surface area contributed by atoms with Gasteiger partial charge in [0.2, 0.25) is 0 Å². The molecule has 3 aromatic heterocycles. The van der Waals surface area contributed by atoms with Gasteiger partial charge in [-0.1, -0.05) is 226 Å². The molecule has 0 bridgehead atoms. The molecular weight excluding hydrogens is 1170 g/mol. The first-order valence-corrected chi connectivity index (χ1v) is 37.1. The fourth-order valence-electron chi connectivity index (χ4n) is 12.5. The number of hydrogen-bond acceptors (Lipinski definition) is 9. The molecule has 0 N–H and O–H groups in total. The van der Waals surface area contributed by atoms with E-state index < -0.39 is 17.9 Å². The number of rotatable bonds is 51. The summed E-state index contributed by atoms with van der Waals surface area (Å²) in [6.45, 7) is 6.48. The SMILES string of the molecule is Cc1ccnc2c(CCCCCCCC/C=C\CCCCCCCC(=O)[O-])cccc12.Cc1ccnc2c(CCCCCCCC/C=C\CCCCCCCC(=O)[O-])cccc12.Cc1ccnc2c(CCCCCCCC/C=C\CCCCCCCC(=O)[O-])cccc12.[Al+3]. The van der Waals surface area contributed by atoms with Gasteiger partial charge in [-0.15, -0.1) is 0 Å². The zero-order chi connectivity index (χ0) is 66.5. The number of aromatic nitrogens is 3. The van der Waals surface area contributed by atoms with Crippen LogP contribution in [0.15, 0.2) is 128 Å². The predicted octanol–water partition coefficient (Wildman–Crippen LogP) is 20.2. The monoisotopic (exact) mass is 1290 g/mol. The summed E-state index contributed by atoms with van der Waals surface area (Å²) >= 11 is 0. The minimum Gasteiger partial charge on any atom is -0.550 e. The number of carbonyl (C=O) groups excluding carboxylic acids is 3. The molecule has 0 aliphatic heterocycles. The van der Waals surface area contributed by atoms with Crippen LogP contribution in [0.4, 0.5) is 0 Å². The van der Waals surface area contributed by atoms with E-state index in [1.165, 1.54) is 239 Å². The molecule has 6 rings (SSSR count). The van der Waals surface area contributed by atoms with Crippen molar-refractivity contribution in [1.82, 2.24) is 15.0 Å². The molecule has 10 heteroatoms. The number of benzene rings is 3. The van der Waals surface area contributed by atoms with Crippen molar-refractivity contribution in [2.24, 2.45) is 0 Å². The van der Waals surface area contributed by atoms with Crippen molar-refractivity contribution >= 4 is 68.0 Å². The van der Waals surface area contributed by atoms with Crippen molar-refractivity contribution < 1.29 is 29.7 Å². The van der Waals surface area contributed by atoms with Crippen molar-refractivity contribution in [2.45, 2.75) is 310 Å². The van der Waals surface area contributed by atoms with Crippen LogP contribution in [0.3, 0.4) is 0 Å². The van der Waals surface area contributed by atoms with Gasteiger partial charge in [0.25, 0.3) is 0 Å². The molecule has 0 saturated carbocycles. The van der Waals surface area contributed by atoms with E-state index >= 15 is 0 Å². The van der Waals surface area contributed by atoms with Gasteiger partial charge in [0, 0.05) is 52.7 Å². The van der Waals surface area contributed by atoms with Crippen molar-refractivity contribution in [3.63, 3.8) is 0 Å². The molecule has 9 nitrogen and oxygen atoms in total. The molecule has 0 saturated heterocycles. The third kappa shape index (κ3) is 39.2. The largest absolute Gasteiger partial charge is 3.00 e. The summed E-state index contributed by atoms with van der Waals surface area (Å²) < 4.78 is 0. The molecule has 3 heterocycles. The summed E-state index contributed by atoms with van der Waals surface area (Å²) in [6.07, 6.45) is 70.4. The van der Waals surface area contributed by atoms with Gasteiger partial charge in [-0.05, 0) is 226 Å². The number of carboxylic acids is 3. The van der Waals surface area contributed by atoms with Crippen LogP contribution in [0.25, 0.3) is 32.7 Å². The third-order valence-corrected chi connectivity index (χ3v) is 18.2. The first-order valence-electron chi connectivity index (χ1n) is 37.1. The minimum atomic E-state index is -0.920. The first kappa shape index (κ1) is 82.3. The standard InChI is InChI=1S/3C28H41NO2.Al/c3*1-24-22-23-29-28-25(19-17-20-26(24)28)18-15-13-11-9-7-5-3-2-4-6-8-10-12-14-16-21-27(30)31;/h3*2,4,17,19-20,22-23H,3,5-16,18,21H2,1H3,(H,30,31);/q;;;+3/p-3/b3*4-2-;. The van der Waals surface area contributed by atoms with Crippen LogP contribution in [0.1, 0.15) is 303 Å². The van der Waals surface area contributed by atoms with Gasteiger partial charge in [0.1, 0.15) is 0 Å². The number of aryl methyl sites for hydroxylation is 6. The maximum Gasteiger partial charge on any atom is 3.00 e. The number of hydrogen-bond donors (Lipinski definition) is 0. The number of para-hydroxylation sites is 3. The van der Waals surface area contributed by atoms with Crippen LogP contribution in [0.5, 0.6) is 0 Å². The summed E-state index contributed by atoms with van der Waals surface area (Å²) in [5, 5.41) is 34.9. The van der Waals surface area contributed by atoms with E-state index in [1.807, 2.05) is 18.6 Å².